The van der Waals surface area contributed by atoms with Crippen LogP contribution in [0.5, 0.6) is 5.75 Å². The van der Waals surface area contributed by atoms with Crippen molar-refractivity contribution in [2.45, 2.75) is 44.8 Å². The Hall–Kier alpha value is -3.87. The Morgan fingerprint density at radius 2 is 1.93 bits per heavy atom. The number of nitrogens with zero attached hydrogens (tertiary/aromatic N) is 2. The summed E-state index contributed by atoms with van der Waals surface area (Å²) < 4.78 is 67.6. The highest BCUT2D eigenvalue weighted by molar-refractivity contribution is 7.91. The first-order valence-electron chi connectivity index (χ1n) is 12.5. The molecular weight excluding hydrogens is 549 g/mol. The molecular formula is C27H27F3N4O5S. The fourth-order valence-corrected chi connectivity index (χ4v) is 5.84. The molecule has 3 aromatic rings. The number of ether oxygens (including phenoxy) is 1. The Labute approximate surface area is 228 Å². The molecule has 0 bridgehead atoms. The van der Waals surface area contributed by atoms with Crippen molar-refractivity contribution >= 4 is 27.5 Å². The molecule has 0 radical (unpaired) electrons. The number of aromatic nitrogens is 2. The predicted molar refractivity (Wildman–Crippen MR) is 141 cm³/mol. The van der Waals surface area contributed by atoms with E-state index < -0.39 is 45.7 Å². The number of aryl methyl sites for hydroxylation is 3. The number of anilines is 1. The van der Waals surface area contributed by atoms with Gasteiger partial charge in [0.2, 0.25) is 5.91 Å². The monoisotopic (exact) mass is 576 g/mol. The van der Waals surface area contributed by atoms with Crippen molar-refractivity contribution in [2.24, 2.45) is 0 Å². The Balaban J connectivity index is 1.54. The van der Waals surface area contributed by atoms with E-state index in [4.69, 9.17) is 9.84 Å². The zero-order valence-corrected chi connectivity index (χ0v) is 22.8. The number of halogens is 3. The number of rotatable bonds is 6. The molecule has 13 heteroatoms. The summed E-state index contributed by atoms with van der Waals surface area (Å²) in [5.41, 5.74) is 3.76. The third-order valence-corrected chi connectivity index (χ3v) is 8.00. The first-order chi connectivity index (χ1) is 18.6. The SMILES string of the molecule is Cc1ccc(-n2nc3c(c2NC(=O)CS(C)(=O)=O)C(=O)N[C@@]2(CCc4cc(OCC(F)(F)F)ccc42)C3)cc1C. The van der Waals surface area contributed by atoms with Crippen LogP contribution in [0.3, 0.4) is 0 Å². The highest BCUT2D eigenvalue weighted by Crippen LogP contribution is 2.44. The van der Waals surface area contributed by atoms with Gasteiger partial charge >= 0.3 is 6.18 Å². The molecule has 1 aliphatic heterocycles. The number of benzene rings is 2. The molecule has 0 fully saturated rings. The number of carbonyl (C=O) groups is 2. The van der Waals surface area contributed by atoms with Gasteiger partial charge < -0.3 is 15.4 Å². The van der Waals surface area contributed by atoms with Crippen LogP contribution in [0.4, 0.5) is 19.0 Å². The average molecular weight is 577 g/mol. The van der Waals surface area contributed by atoms with Gasteiger partial charge in [0.25, 0.3) is 5.91 Å². The van der Waals surface area contributed by atoms with E-state index >= 15 is 0 Å². The maximum Gasteiger partial charge on any atom is 0.422 e. The van der Waals surface area contributed by atoms with Gasteiger partial charge in [0.05, 0.1) is 16.9 Å². The first-order valence-corrected chi connectivity index (χ1v) is 14.5. The molecule has 1 aliphatic carbocycles. The third-order valence-electron chi connectivity index (χ3n) is 7.21. The van der Waals surface area contributed by atoms with Crippen molar-refractivity contribution in [3.63, 3.8) is 0 Å². The van der Waals surface area contributed by atoms with E-state index in [0.717, 1.165) is 28.5 Å². The summed E-state index contributed by atoms with van der Waals surface area (Å²) in [6.07, 6.45) is -2.27. The average Bonchev–Trinajstić information content (AvgIpc) is 3.36. The number of alkyl halides is 3. The van der Waals surface area contributed by atoms with E-state index in [2.05, 4.69) is 10.6 Å². The van der Waals surface area contributed by atoms with E-state index in [1.807, 2.05) is 26.0 Å². The van der Waals surface area contributed by atoms with Crippen LogP contribution in [0.1, 0.15) is 44.7 Å². The van der Waals surface area contributed by atoms with Crippen LogP contribution in [0.25, 0.3) is 5.69 Å². The minimum Gasteiger partial charge on any atom is -0.484 e. The smallest absolute Gasteiger partial charge is 0.422 e. The van der Waals surface area contributed by atoms with Gasteiger partial charge in [-0.1, -0.05) is 12.1 Å². The van der Waals surface area contributed by atoms with Crippen LogP contribution in [0.2, 0.25) is 0 Å². The molecule has 2 aromatic carbocycles. The maximum absolute atomic E-state index is 13.6. The lowest BCUT2D eigenvalue weighted by Crippen LogP contribution is -2.49. The number of amides is 2. The van der Waals surface area contributed by atoms with Gasteiger partial charge in [0, 0.05) is 12.7 Å². The second-order valence-electron chi connectivity index (χ2n) is 10.4. The fourth-order valence-electron chi connectivity index (χ4n) is 5.30. The molecule has 0 unspecified atom stereocenters. The van der Waals surface area contributed by atoms with Crippen molar-refractivity contribution in [1.82, 2.24) is 15.1 Å². The van der Waals surface area contributed by atoms with Crippen LogP contribution in [-0.4, -0.2) is 54.8 Å². The van der Waals surface area contributed by atoms with Crippen molar-refractivity contribution in [1.29, 1.82) is 0 Å². The van der Waals surface area contributed by atoms with Crippen molar-refractivity contribution in [3.05, 3.63) is 69.9 Å². The van der Waals surface area contributed by atoms with Crippen LogP contribution in [0.15, 0.2) is 36.4 Å². The normalized spacial score (nSPS) is 18.3. The second-order valence-corrected chi connectivity index (χ2v) is 12.5. The first kappa shape index (κ1) is 27.7. The van der Waals surface area contributed by atoms with Crippen LogP contribution in [0, 0.1) is 13.8 Å². The molecule has 9 nitrogen and oxygen atoms in total. The summed E-state index contributed by atoms with van der Waals surface area (Å²) in [7, 11) is -3.63. The number of nitrogens with one attached hydrogen (secondary N) is 2. The summed E-state index contributed by atoms with van der Waals surface area (Å²) in [5, 5.41) is 10.3. The quantitative estimate of drug-likeness (QED) is 0.464. The van der Waals surface area contributed by atoms with E-state index in [-0.39, 0.29) is 23.6 Å². The standard InChI is InChI=1S/C27H27F3N4O5S/c1-15-4-5-18(10-16(15)2)34-24(31-22(35)13-40(3,37)38)23-21(33-34)12-26(32-25(23)36)9-8-17-11-19(6-7-20(17)26)39-14-27(28,29)30/h4-7,10-11H,8-9,12-14H2,1-3H3,(H,31,35)(H,32,36)/t26-/m0/s1. The Bertz CT molecular complexity index is 1650. The summed E-state index contributed by atoms with van der Waals surface area (Å²) >= 11 is 0. The van der Waals surface area contributed by atoms with Gasteiger partial charge in [-0.2, -0.15) is 18.3 Å². The molecule has 0 saturated heterocycles. The third kappa shape index (κ3) is 5.42. The number of hydrogen-bond acceptors (Lipinski definition) is 6. The van der Waals surface area contributed by atoms with Gasteiger partial charge in [0.1, 0.15) is 22.9 Å². The van der Waals surface area contributed by atoms with Crippen LogP contribution < -0.4 is 15.4 Å². The molecule has 2 aliphatic rings. The molecule has 40 heavy (non-hydrogen) atoms. The van der Waals surface area contributed by atoms with Crippen LogP contribution >= 0.6 is 0 Å². The summed E-state index contributed by atoms with van der Waals surface area (Å²) in [6, 6.07) is 10.2. The van der Waals surface area contributed by atoms with Crippen molar-refractivity contribution in [3.8, 4) is 11.4 Å². The lowest BCUT2D eigenvalue weighted by atomic mass is 9.82. The number of hydrogen-bond donors (Lipinski definition) is 2. The largest absolute Gasteiger partial charge is 0.484 e. The van der Waals surface area contributed by atoms with E-state index in [0.29, 0.717) is 24.2 Å². The van der Waals surface area contributed by atoms with Gasteiger partial charge in [-0.3, -0.25) is 9.59 Å². The van der Waals surface area contributed by atoms with Crippen molar-refractivity contribution in [2.75, 3.05) is 23.9 Å². The molecule has 2 N–H and O–H groups in total. The molecule has 1 atom stereocenters. The summed E-state index contributed by atoms with van der Waals surface area (Å²) in [6.45, 7) is 2.45. The Morgan fingerprint density at radius 1 is 1.18 bits per heavy atom. The molecule has 5 rings (SSSR count). The highest BCUT2D eigenvalue weighted by Gasteiger charge is 2.47. The minimum atomic E-state index is -4.46. The molecule has 0 saturated carbocycles. The lowest BCUT2D eigenvalue weighted by molar-refractivity contribution is -0.153. The summed E-state index contributed by atoms with van der Waals surface area (Å²) in [4.78, 5) is 26.2. The molecule has 2 heterocycles. The van der Waals surface area contributed by atoms with Gasteiger partial charge in [-0.25, -0.2) is 13.1 Å². The molecule has 1 spiro atoms. The van der Waals surface area contributed by atoms with Gasteiger partial charge in [-0.05, 0) is 73.2 Å². The number of fused-ring (bicyclic) bond motifs is 3. The Kier molecular flexibility index (Phi) is 6.68. The van der Waals surface area contributed by atoms with E-state index in [9.17, 15) is 31.2 Å². The molecule has 212 valence electrons. The van der Waals surface area contributed by atoms with Gasteiger partial charge in [0.15, 0.2) is 16.4 Å². The summed E-state index contributed by atoms with van der Waals surface area (Å²) in [5.74, 6) is -1.92. The second kappa shape index (κ2) is 9.65. The molecule has 2 amide bonds. The highest BCUT2D eigenvalue weighted by atomic mass is 32.2. The van der Waals surface area contributed by atoms with E-state index in [1.165, 1.54) is 10.7 Å². The zero-order valence-electron chi connectivity index (χ0n) is 22.0. The van der Waals surface area contributed by atoms with E-state index in [1.54, 1.807) is 18.2 Å². The van der Waals surface area contributed by atoms with Crippen LogP contribution in [-0.2, 0) is 33.0 Å². The maximum atomic E-state index is 13.6. The van der Waals surface area contributed by atoms with Crippen molar-refractivity contribution < 1.29 is 35.9 Å². The lowest BCUT2D eigenvalue weighted by Gasteiger charge is -2.35. The topological polar surface area (TPSA) is 119 Å². The number of sulfone groups is 1. The van der Waals surface area contributed by atoms with Gasteiger partial charge in [-0.15, -0.1) is 0 Å². The minimum absolute atomic E-state index is 0.0633. The predicted octanol–water partition coefficient (Wildman–Crippen LogP) is 3.54. The number of carbonyl (C=O) groups excluding carboxylic acids is 2. The Morgan fingerprint density at radius 3 is 2.60 bits per heavy atom. The zero-order chi connectivity index (χ0) is 29.0. The fraction of sp³-hybridized carbons (Fsp3) is 0.370. The molecule has 1 aromatic heterocycles.